The van der Waals surface area contributed by atoms with Crippen LogP contribution in [0.2, 0.25) is 0 Å². The first-order valence-electron chi connectivity index (χ1n) is 7.36. The highest BCUT2D eigenvalue weighted by atomic mass is 32.2. The van der Waals surface area contributed by atoms with E-state index in [1.165, 1.54) is 0 Å². The summed E-state index contributed by atoms with van der Waals surface area (Å²) in [4.78, 5) is 11.9. The van der Waals surface area contributed by atoms with E-state index >= 15 is 0 Å². The van der Waals surface area contributed by atoms with Crippen LogP contribution in [0.3, 0.4) is 0 Å². The largest absolute Gasteiger partial charge is 0.496 e. The molecule has 130 valence electrons. The van der Waals surface area contributed by atoms with Gasteiger partial charge >= 0.3 is 6.03 Å². The maximum atomic E-state index is 11.9. The molecule has 1 rings (SSSR count). The van der Waals surface area contributed by atoms with Gasteiger partial charge in [0.05, 0.1) is 19.4 Å². The van der Waals surface area contributed by atoms with Crippen LogP contribution >= 0.6 is 0 Å². The van der Waals surface area contributed by atoms with E-state index in [9.17, 15) is 13.2 Å². The lowest BCUT2D eigenvalue weighted by Crippen LogP contribution is -2.38. The van der Waals surface area contributed by atoms with Crippen molar-refractivity contribution in [2.24, 2.45) is 0 Å². The van der Waals surface area contributed by atoms with E-state index in [-0.39, 0.29) is 12.1 Å². The SMILES string of the molecule is COc1ccc(C)cc1[C@H](C)NC(=O)NCCCNS(C)(=O)=O. The van der Waals surface area contributed by atoms with Crippen molar-refractivity contribution < 1.29 is 17.9 Å². The molecule has 0 aliphatic rings. The minimum absolute atomic E-state index is 0.209. The average Bonchev–Trinajstić information content (AvgIpc) is 2.45. The molecule has 23 heavy (non-hydrogen) atoms. The molecule has 0 spiro atoms. The van der Waals surface area contributed by atoms with Crippen LogP contribution in [0.4, 0.5) is 4.79 Å². The van der Waals surface area contributed by atoms with Gasteiger partial charge in [0.2, 0.25) is 10.0 Å². The molecule has 0 aliphatic heterocycles. The first-order chi connectivity index (χ1) is 10.7. The third-order valence-corrected chi connectivity index (χ3v) is 3.93. The second kappa shape index (κ2) is 8.73. The van der Waals surface area contributed by atoms with Crippen LogP contribution in [-0.2, 0) is 10.0 Å². The van der Waals surface area contributed by atoms with Crippen molar-refractivity contribution in [3.8, 4) is 5.75 Å². The summed E-state index contributed by atoms with van der Waals surface area (Å²) in [6.45, 7) is 4.53. The number of carbonyl (C=O) groups is 1. The third-order valence-electron chi connectivity index (χ3n) is 3.20. The Kier molecular flexibility index (Phi) is 7.31. The summed E-state index contributed by atoms with van der Waals surface area (Å²) in [5.41, 5.74) is 1.99. The molecule has 0 aliphatic carbocycles. The molecular formula is C15H25N3O4S. The van der Waals surface area contributed by atoms with Gasteiger partial charge in [-0.3, -0.25) is 0 Å². The van der Waals surface area contributed by atoms with Crippen molar-refractivity contribution in [3.05, 3.63) is 29.3 Å². The van der Waals surface area contributed by atoms with Crippen molar-refractivity contribution in [1.29, 1.82) is 0 Å². The summed E-state index contributed by atoms with van der Waals surface area (Å²) in [6.07, 6.45) is 1.62. The Morgan fingerprint density at radius 2 is 2.00 bits per heavy atom. The molecule has 2 amide bonds. The minimum atomic E-state index is -3.18. The highest BCUT2D eigenvalue weighted by molar-refractivity contribution is 7.88. The van der Waals surface area contributed by atoms with Gasteiger partial charge in [0.1, 0.15) is 5.75 Å². The molecule has 0 heterocycles. The number of methoxy groups -OCH3 is 1. The van der Waals surface area contributed by atoms with Gasteiger partial charge in [-0.05, 0) is 26.3 Å². The first kappa shape index (κ1) is 19.2. The van der Waals surface area contributed by atoms with Gasteiger partial charge in [0, 0.05) is 18.7 Å². The lowest BCUT2D eigenvalue weighted by atomic mass is 10.0. The fourth-order valence-corrected chi connectivity index (χ4v) is 2.58. The number of ether oxygens (including phenoxy) is 1. The minimum Gasteiger partial charge on any atom is -0.496 e. The Labute approximate surface area is 137 Å². The summed E-state index contributed by atoms with van der Waals surface area (Å²) in [5.74, 6) is 0.723. The number of rotatable bonds is 8. The third kappa shape index (κ3) is 7.34. The smallest absolute Gasteiger partial charge is 0.315 e. The van der Waals surface area contributed by atoms with E-state index in [2.05, 4.69) is 15.4 Å². The molecule has 0 fully saturated rings. The molecule has 0 saturated heterocycles. The lowest BCUT2D eigenvalue weighted by molar-refractivity contribution is 0.237. The Bertz CT molecular complexity index is 632. The van der Waals surface area contributed by atoms with Gasteiger partial charge in [-0.1, -0.05) is 17.7 Å². The number of urea groups is 1. The summed E-state index contributed by atoms with van der Waals surface area (Å²) in [6, 6.07) is 5.28. The molecule has 1 aromatic carbocycles. The molecule has 0 aromatic heterocycles. The summed E-state index contributed by atoms with van der Waals surface area (Å²) < 4.78 is 29.5. The number of aryl methyl sites for hydroxylation is 1. The zero-order valence-electron chi connectivity index (χ0n) is 14.0. The molecule has 1 aromatic rings. The molecule has 0 saturated carbocycles. The highest BCUT2D eigenvalue weighted by Crippen LogP contribution is 2.25. The quantitative estimate of drug-likeness (QED) is 0.620. The molecule has 0 bridgehead atoms. The van der Waals surface area contributed by atoms with Crippen LogP contribution < -0.4 is 20.1 Å². The van der Waals surface area contributed by atoms with E-state index in [0.717, 1.165) is 23.1 Å². The Morgan fingerprint density at radius 3 is 2.61 bits per heavy atom. The van der Waals surface area contributed by atoms with Crippen LogP contribution in [-0.4, -0.2) is 40.9 Å². The van der Waals surface area contributed by atoms with Gasteiger partial charge in [-0.15, -0.1) is 0 Å². The van der Waals surface area contributed by atoms with Crippen LogP contribution in [0.5, 0.6) is 5.75 Å². The predicted molar refractivity (Wildman–Crippen MR) is 90.1 cm³/mol. The van der Waals surface area contributed by atoms with Crippen molar-refractivity contribution in [3.63, 3.8) is 0 Å². The first-order valence-corrected chi connectivity index (χ1v) is 9.25. The molecule has 8 heteroatoms. The van der Waals surface area contributed by atoms with Gasteiger partial charge in [0.15, 0.2) is 0 Å². The number of amides is 2. The zero-order chi connectivity index (χ0) is 17.5. The fraction of sp³-hybridized carbons (Fsp3) is 0.533. The Balaban J connectivity index is 2.44. The summed E-state index contributed by atoms with van der Waals surface area (Å²) in [5, 5.41) is 5.53. The molecule has 0 radical (unpaired) electrons. The molecular weight excluding hydrogens is 318 g/mol. The number of nitrogens with one attached hydrogen (secondary N) is 3. The van der Waals surface area contributed by atoms with Crippen molar-refractivity contribution in [2.45, 2.75) is 26.3 Å². The van der Waals surface area contributed by atoms with Gasteiger partial charge in [-0.2, -0.15) is 0 Å². The lowest BCUT2D eigenvalue weighted by Gasteiger charge is -2.18. The van der Waals surface area contributed by atoms with Gasteiger partial charge in [-0.25, -0.2) is 17.9 Å². The van der Waals surface area contributed by atoms with Gasteiger partial charge in [0.25, 0.3) is 0 Å². The second-order valence-corrected chi connectivity index (χ2v) is 7.22. The van der Waals surface area contributed by atoms with E-state index < -0.39 is 10.0 Å². The maximum absolute atomic E-state index is 11.9. The normalized spacial score (nSPS) is 12.5. The number of hydrogen-bond acceptors (Lipinski definition) is 4. The number of hydrogen-bond donors (Lipinski definition) is 3. The van der Waals surface area contributed by atoms with Crippen LogP contribution in [0.15, 0.2) is 18.2 Å². The molecule has 3 N–H and O–H groups in total. The van der Waals surface area contributed by atoms with Crippen molar-refractivity contribution in [2.75, 3.05) is 26.5 Å². The van der Waals surface area contributed by atoms with Crippen LogP contribution in [0, 0.1) is 6.92 Å². The predicted octanol–water partition coefficient (Wildman–Crippen LogP) is 1.30. The van der Waals surface area contributed by atoms with Crippen molar-refractivity contribution in [1.82, 2.24) is 15.4 Å². The number of carbonyl (C=O) groups excluding carboxylic acids is 1. The summed E-state index contributed by atoms with van der Waals surface area (Å²) >= 11 is 0. The van der Waals surface area contributed by atoms with Crippen LogP contribution in [0.25, 0.3) is 0 Å². The zero-order valence-corrected chi connectivity index (χ0v) is 14.8. The van der Waals surface area contributed by atoms with Gasteiger partial charge < -0.3 is 15.4 Å². The molecule has 1 atom stereocenters. The van der Waals surface area contributed by atoms with E-state index in [0.29, 0.717) is 19.5 Å². The number of sulfonamides is 1. The highest BCUT2D eigenvalue weighted by Gasteiger charge is 2.14. The van der Waals surface area contributed by atoms with E-state index in [1.54, 1.807) is 7.11 Å². The Hall–Kier alpha value is -1.80. The maximum Gasteiger partial charge on any atom is 0.315 e. The fourth-order valence-electron chi connectivity index (χ4n) is 2.07. The topological polar surface area (TPSA) is 96.5 Å². The standard InChI is InChI=1S/C15H25N3O4S/c1-11-6-7-14(22-3)13(10-11)12(2)18-15(19)16-8-5-9-17-23(4,20)21/h6-7,10,12,17H,5,8-9H2,1-4H3,(H2,16,18,19)/t12-/m0/s1. The van der Waals surface area contributed by atoms with E-state index in [4.69, 9.17) is 4.74 Å². The molecule has 7 nitrogen and oxygen atoms in total. The van der Waals surface area contributed by atoms with Crippen LogP contribution in [0.1, 0.15) is 30.5 Å². The Morgan fingerprint density at radius 1 is 1.30 bits per heavy atom. The summed E-state index contributed by atoms with van der Waals surface area (Å²) in [7, 11) is -1.59. The molecule has 0 unspecified atom stereocenters. The number of benzene rings is 1. The second-order valence-electron chi connectivity index (χ2n) is 5.39. The van der Waals surface area contributed by atoms with E-state index in [1.807, 2.05) is 32.0 Å². The van der Waals surface area contributed by atoms with Crippen molar-refractivity contribution >= 4 is 16.1 Å². The monoisotopic (exact) mass is 343 g/mol. The average molecular weight is 343 g/mol.